The Hall–Kier alpha value is -0.900. The molecular formula is C10H20N4+2. The lowest BCUT2D eigenvalue weighted by Crippen LogP contribution is -3.03. The van der Waals surface area contributed by atoms with Gasteiger partial charge in [-0.15, -0.1) is 0 Å². The number of amidine groups is 2. The number of nitrogens with one attached hydrogen (secondary N) is 2. The standard InChI is InChI=1S/C10H18N4/c1-5-11-9(12-6-1)3-4-10-13-7-2-8-14-10/h1-8H2,(H,11,12)(H,13,14)/p+2. The fraction of sp³-hybridized carbons (Fsp3) is 0.800. The second-order valence-corrected chi connectivity index (χ2v) is 3.91. The maximum Gasteiger partial charge on any atom is 0.333 e. The van der Waals surface area contributed by atoms with E-state index in [-0.39, 0.29) is 0 Å². The van der Waals surface area contributed by atoms with Crippen molar-refractivity contribution >= 4 is 11.7 Å². The number of hydrogen-bond acceptors (Lipinski definition) is 2. The van der Waals surface area contributed by atoms with Gasteiger partial charge in [0, 0.05) is 19.5 Å². The van der Waals surface area contributed by atoms with Gasteiger partial charge in [0.1, 0.15) is 0 Å². The zero-order valence-electron chi connectivity index (χ0n) is 8.68. The van der Waals surface area contributed by atoms with Gasteiger partial charge in [0.05, 0.1) is 25.2 Å². The molecule has 0 spiro atoms. The Kier molecular flexibility index (Phi) is 3.51. The second kappa shape index (κ2) is 5.10. The van der Waals surface area contributed by atoms with E-state index in [0.29, 0.717) is 0 Å². The van der Waals surface area contributed by atoms with Crippen LogP contribution in [0, 0.1) is 0 Å². The van der Waals surface area contributed by atoms with Crippen molar-refractivity contribution in [3.05, 3.63) is 0 Å². The largest absolute Gasteiger partial charge is 0.374 e. The van der Waals surface area contributed by atoms with Crippen molar-refractivity contribution in [2.75, 3.05) is 26.2 Å². The van der Waals surface area contributed by atoms with Gasteiger partial charge in [-0.25, -0.2) is 0 Å². The summed E-state index contributed by atoms with van der Waals surface area (Å²) in [6.45, 7) is 4.49. The predicted octanol–water partition coefficient (Wildman–Crippen LogP) is -2.40. The second-order valence-electron chi connectivity index (χ2n) is 3.91. The van der Waals surface area contributed by atoms with Crippen molar-refractivity contribution in [2.45, 2.75) is 25.7 Å². The Labute approximate surface area is 84.9 Å². The maximum absolute atomic E-state index is 4.46. The molecule has 0 saturated heterocycles. The van der Waals surface area contributed by atoms with Crippen molar-refractivity contribution in [1.29, 1.82) is 0 Å². The average Bonchev–Trinajstić information content (AvgIpc) is 2.29. The highest BCUT2D eigenvalue weighted by atomic mass is 15.0. The summed E-state index contributed by atoms with van der Waals surface area (Å²) < 4.78 is 0. The zero-order chi connectivity index (χ0) is 9.64. The Balaban J connectivity index is 1.75. The molecule has 2 rings (SSSR count). The highest BCUT2D eigenvalue weighted by Crippen LogP contribution is 1.95. The summed E-state index contributed by atoms with van der Waals surface area (Å²) in [5.41, 5.74) is 0. The van der Waals surface area contributed by atoms with Crippen molar-refractivity contribution in [2.24, 2.45) is 4.99 Å². The molecule has 2 aliphatic rings. The molecule has 0 aromatic rings. The van der Waals surface area contributed by atoms with Crippen LogP contribution in [0.2, 0.25) is 0 Å². The van der Waals surface area contributed by atoms with E-state index in [4.69, 9.17) is 0 Å². The summed E-state index contributed by atoms with van der Waals surface area (Å²) in [6, 6.07) is 0. The van der Waals surface area contributed by atoms with Gasteiger partial charge >= 0.3 is 5.84 Å². The minimum atomic E-state index is 1.01. The van der Waals surface area contributed by atoms with Gasteiger partial charge in [0.2, 0.25) is 0 Å². The van der Waals surface area contributed by atoms with E-state index in [9.17, 15) is 0 Å². The van der Waals surface area contributed by atoms with E-state index in [1.807, 2.05) is 0 Å². The van der Waals surface area contributed by atoms with Gasteiger partial charge in [-0.05, 0) is 6.42 Å². The van der Waals surface area contributed by atoms with E-state index in [2.05, 4.69) is 20.6 Å². The fourth-order valence-electron chi connectivity index (χ4n) is 1.89. The van der Waals surface area contributed by atoms with E-state index >= 15 is 0 Å². The first-order valence-corrected chi connectivity index (χ1v) is 5.65. The van der Waals surface area contributed by atoms with E-state index < -0.39 is 0 Å². The number of nitrogens with zero attached hydrogens (tertiary/aromatic N) is 1. The first-order chi connectivity index (χ1) is 6.95. The van der Waals surface area contributed by atoms with E-state index in [1.54, 1.807) is 0 Å². The predicted molar refractivity (Wildman–Crippen MR) is 56.4 cm³/mol. The van der Waals surface area contributed by atoms with Crippen molar-refractivity contribution < 1.29 is 10.3 Å². The summed E-state index contributed by atoms with van der Waals surface area (Å²) >= 11 is 0. The van der Waals surface area contributed by atoms with Gasteiger partial charge in [-0.2, -0.15) is 4.99 Å². The number of rotatable bonds is 3. The molecule has 0 saturated carbocycles. The highest BCUT2D eigenvalue weighted by molar-refractivity contribution is 5.85. The first-order valence-electron chi connectivity index (χ1n) is 5.65. The Morgan fingerprint density at radius 1 is 1.36 bits per heavy atom. The molecular weight excluding hydrogens is 176 g/mol. The SMILES string of the molecule is C1CN=C(CCC2=[NH+]CCC[NH2+]2)NC1. The Morgan fingerprint density at radius 2 is 2.36 bits per heavy atom. The minimum absolute atomic E-state index is 1.01. The van der Waals surface area contributed by atoms with Crippen LogP contribution >= 0.6 is 0 Å². The molecule has 4 N–H and O–H groups in total. The topological polar surface area (TPSA) is 55.0 Å². The lowest BCUT2D eigenvalue weighted by molar-refractivity contribution is -0.643. The van der Waals surface area contributed by atoms with Crippen LogP contribution in [-0.4, -0.2) is 37.9 Å². The van der Waals surface area contributed by atoms with Crippen LogP contribution in [0.15, 0.2) is 4.99 Å². The van der Waals surface area contributed by atoms with Crippen LogP contribution in [0.25, 0.3) is 0 Å². The Morgan fingerprint density at radius 3 is 3.07 bits per heavy atom. The molecule has 2 heterocycles. The fourth-order valence-corrected chi connectivity index (χ4v) is 1.89. The van der Waals surface area contributed by atoms with Gasteiger partial charge in [-0.3, -0.25) is 10.3 Å². The summed E-state index contributed by atoms with van der Waals surface area (Å²) in [7, 11) is 0. The molecule has 0 bridgehead atoms. The molecule has 0 amide bonds. The molecule has 4 heteroatoms. The summed E-state index contributed by atoms with van der Waals surface area (Å²) in [5.74, 6) is 2.61. The minimum Gasteiger partial charge on any atom is -0.374 e. The van der Waals surface area contributed by atoms with Crippen LogP contribution in [0.5, 0.6) is 0 Å². The molecule has 0 aromatic heterocycles. The molecule has 0 aromatic carbocycles. The molecule has 0 unspecified atom stereocenters. The van der Waals surface area contributed by atoms with E-state index in [0.717, 1.165) is 32.5 Å². The van der Waals surface area contributed by atoms with Gasteiger partial charge in [0.25, 0.3) is 0 Å². The monoisotopic (exact) mass is 196 g/mol. The number of hydrogen-bond donors (Lipinski definition) is 3. The number of nitrogens with two attached hydrogens (primary N) is 1. The average molecular weight is 196 g/mol. The van der Waals surface area contributed by atoms with E-state index in [1.165, 1.54) is 31.1 Å². The highest BCUT2D eigenvalue weighted by Gasteiger charge is 2.16. The molecule has 2 aliphatic heterocycles. The first kappa shape index (κ1) is 9.65. The summed E-state index contributed by atoms with van der Waals surface area (Å²) in [6.07, 6.45) is 4.65. The van der Waals surface area contributed by atoms with Crippen molar-refractivity contribution in [1.82, 2.24) is 5.32 Å². The zero-order valence-corrected chi connectivity index (χ0v) is 8.68. The van der Waals surface area contributed by atoms with Crippen LogP contribution in [0.3, 0.4) is 0 Å². The van der Waals surface area contributed by atoms with Gasteiger partial charge in [0.15, 0.2) is 6.54 Å². The van der Waals surface area contributed by atoms with Crippen molar-refractivity contribution in [3.8, 4) is 0 Å². The van der Waals surface area contributed by atoms with Gasteiger partial charge < -0.3 is 5.32 Å². The lowest BCUT2D eigenvalue weighted by Gasteiger charge is -2.13. The third kappa shape index (κ3) is 2.80. The summed E-state index contributed by atoms with van der Waals surface area (Å²) in [5, 5.41) is 5.68. The van der Waals surface area contributed by atoms with Crippen LogP contribution < -0.4 is 15.6 Å². The quantitative estimate of drug-likeness (QED) is 0.463. The van der Waals surface area contributed by atoms with Crippen molar-refractivity contribution in [3.63, 3.8) is 0 Å². The van der Waals surface area contributed by atoms with Crippen LogP contribution in [-0.2, 0) is 0 Å². The molecule has 0 radical (unpaired) electrons. The summed E-state index contributed by atoms with van der Waals surface area (Å²) in [4.78, 5) is 7.90. The molecule has 0 fully saturated rings. The number of aliphatic imine (C=N–C) groups is 1. The van der Waals surface area contributed by atoms with Crippen LogP contribution in [0.1, 0.15) is 25.7 Å². The third-order valence-electron chi connectivity index (χ3n) is 2.72. The van der Waals surface area contributed by atoms with Gasteiger partial charge in [-0.1, -0.05) is 0 Å². The molecule has 78 valence electrons. The molecule has 0 aliphatic carbocycles. The maximum atomic E-state index is 4.46. The lowest BCUT2D eigenvalue weighted by atomic mass is 10.2. The van der Waals surface area contributed by atoms with Crippen LogP contribution in [0.4, 0.5) is 0 Å². The molecule has 0 atom stereocenters. The molecule has 14 heavy (non-hydrogen) atoms. The Bertz CT molecular complexity index is 219. The number of quaternary nitrogens is 1. The normalized spacial score (nSPS) is 22.3. The third-order valence-corrected chi connectivity index (χ3v) is 2.72. The molecule has 4 nitrogen and oxygen atoms in total. The smallest absolute Gasteiger partial charge is 0.333 e.